The minimum atomic E-state index is -1.28. The number of nitrogens with zero attached hydrogens (tertiary/aromatic N) is 3. The number of nitrogens with one attached hydrogen (secondary N) is 2. The normalized spacial score (nSPS) is 20.0. The number of benzene rings is 2. The first kappa shape index (κ1) is 28.7. The lowest BCUT2D eigenvalue weighted by Crippen LogP contribution is -2.52. The highest BCUT2D eigenvalue weighted by molar-refractivity contribution is 6.08. The number of aromatic nitrogens is 1. The van der Waals surface area contributed by atoms with Crippen LogP contribution in [0.4, 0.5) is 14.5 Å². The minimum Gasteiger partial charge on any atom is -0.465 e. The van der Waals surface area contributed by atoms with E-state index >= 15 is 0 Å². The molecular weight excluding hydrogens is 548 g/mol. The number of fused-ring (bicyclic) bond motifs is 3. The molecule has 0 bridgehead atoms. The topological polar surface area (TPSA) is 136 Å². The zero-order chi connectivity index (χ0) is 30.5. The summed E-state index contributed by atoms with van der Waals surface area (Å²) in [4.78, 5) is 58.5. The van der Waals surface area contributed by atoms with Gasteiger partial charge in [0.05, 0.1) is 29.7 Å². The van der Waals surface area contributed by atoms with E-state index < -0.39 is 52.8 Å². The second-order valence-corrected chi connectivity index (χ2v) is 11.2. The van der Waals surface area contributed by atoms with Crippen molar-refractivity contribution in [1.29, 1.82) is 5.26 Å². The van der Waals surface area contributed by atoms with E-state index in [-0.39, 0.29) is 47.5 Å². The number of anilines is 1. The Hall–Kier alpha value is -4.79. The number of likely N-dealkylation sites (tertiary alicyclic amines) is 1. The predicted molar refractivity (Wildman–Crippen MR) is 147 cm³/mol. The second kappa shape index (κ2) is 10.6. The quantitative estimate of drug-likeness (QED) is 0.429. The highest BCUT2D eigenvalue weighted by atomic mass is 19.1. The van der Waals surface area contributed by atoms with Crippen LogP contribution in [0, 0.1) is 28.9 Å². The second-order valence-electron chi connectivity index (χ2n) is 11.2. The van der Waals surface area contributed by atoms with Crippen molar-refractivity contribution in [3.05, 3.63) is 64.9 Å². The number of rotatable bonds is 6. The average Bonchev–Trinajstić information content (AvgIpc) is 3.64. The van der Waals surface area contributed by atoms with Crippen molar-refractivity contribution in [2.45, 2.75) is 44.2 Å². The third-order valence-electron chi connectivity index (χ3n) is 8.08. The Morgan fingerprint density at radius 2 is 1.95 bits per heavy atom. The summed E-state index contributed by atoms with van der Waals surface area (Å²) in [5.74, 6) is -3.82. The van der Waals surface area contributed by atoms with Crippen molar-refractivity contribution in [2.75, 3.05) is 26.0 Å². The summed E-state index contributed by atoms with van der Waals surface area (Å²) in [6.07, 6.45) is 0.235. The smallest absolute Gasteiger partial charge is 0.337 e. The lowest BCUT2D eigenvalue weighted by Gasteiger charge is -2.33. The molecule has 3 aromatic rings. The molecule has 1 aromatic heterocycles. The molecule has 0 saturated carbocycles. The van der Waals surface area contributed by atoms with Crippen LogP contribution in [0.5, 0.6) is 0 Å². The van der Waals surface area contributed by atoms with Crippen molar-refractivity contribution in [3.63, 3.8) is 0 Å². The number of amides is 3. The van der Waals surface area contributed by atoms with Crippen molar-refractivity contribution in [1.82, 2.24) is 14.8 Å². The molecule has 0 radical (unpaired) electrons. The summed E-state index contributed by atoms with van der Waals surface area (Å²) in [7, 11) is 2.68. The molecule has 3 heterocycles. The van der Waals surface area contributed by atoms with Gasteiger partial charge in [0.2, 0.25) is 11.8 Å². The van der Waals surface area contributed by atoms with Gasteiger partial charge < -0.3 is 24.8 Å². The number of carbonyl (C=O) groups excluding carboxylic acids is 4. The number of methoxy groups -OCH3 is 1. The molecule has 3 amide bonds. The summed E-state index contributed by atoms with van der Waals surface area (Å²) >= 11 is 0. The van der Waals surface area contributed by atoms with E-state index in [1.807, 2.05) is 13.8 Å². The molecule has 1 fully saturated rings. The molecule has 1 saturated heterocycles. The molecule has 42 heavy (non-hydrogen) atoms. The Morgan fingerprint density at radius 3 is 2.62 bits per heavy atom. The van der Waals surface area contributed by atoms with Gasteiger partial charge in [-0.2, -0.15) is 5.26 Å². The molecule has 2 N–H and O–H groups in total. The lowest BCUT2D eigenvalue weighted by atomic mass is 9.79. The van der Waals surface area contributed by atoms with Gasteiger partial charge in [0.1, 0.15) is 29.4 Å². The van der Waals surface area contributed by atoms with Gasteiger partial charge >= 0.3 is 5.97 Å². The number of nitriles is 1. The number of esters is 1. The highest BCUT2D eigenvalue weighted by Crippen LogP contribution is 2.47. The zero-order valence-electron chi connectivity index (χ0n) is 23.5. The lowest BCUT2D eigenvalue weighted by molar-refractivity contribution is -0.136. The average molecular weight is 578 g/mol. The summed E-state index contributed by atoms with van der Waals surface area (Å²) in [6.45, 7) is 3.62. The third kappa shape index (κ3) is 4.64. The van der Waals surface area contributed by atoms with E-state index in [9.17, 15) is 33.2 Å². The van der Waals surface area contributed by atoms with Crippen LogP contribution in [-0.4, -0.2) is 71.3 Å². The van der Waals surface area contributed by atoms with Crippen LogP contribution < -0.4 is 5.32 Å². The fourth-order valence-corrected chi connectivity index (χ4v) is 5.94. The van der Waals surface area contributed by atoms with E-state index in [4.69, 9.17) is 4.74 Å². The van der Waals surface area contributed by atoms with Gasteiger partial charge in [-0.05, 0) is 48.2 Å². The SMILES string of the molecule is COC(=O)c1ccc2c(c1)[C@@]1(C[C@@H](C#N)N(C(=O)[C@H](CC(C)C)N(C)C(=O)c3cc4c(F)cc(F)cc4[nH]3)C1)C(=O)N2. The van der Waals surface area contributed by atoms with Crippen LogP contribution in [0.25, 0.3) is 10.9 Å². The molecule has 2 aliphatic rings. The first-order valence-electron chi connectivity index (χ1n) is 13.4. The molecule has 1 spiro atoms. The molecule has 2 aliphatic heterocycles. The number of hydrogen-bond acceptors (Lipinski definition) is 6. The first-order valence-corrected chi connectivity index (χ1v) is 13.4. The van der Waals surface area contributed by atoms with Crippen molar-refractivity contribution >= 4 is 40.3 Å². The van der Waals surface area contributed by atoms with Crippen LogP contribution in [0.3, 0.4) is 0 Å². The van der Waals surface area contributed by atoms with Crippen LogP contribution >= 0.6 is 0 Å². The maximum absolute atomic E-state index is 14.3. The Balaban J connectivity index is 1.48. The first-order chi connectivity index (χ1) is 19.9. The summed E-state index contributed by atoms with van der Waals surface area (Å²) in [5.41, 5.74) is -0.0237. The predicted octanol–water partition coefficient (Wildman–Crippen LogP) is 3.73. The molecule has 218 valence electrons. The summed E-state index contributed by atoms with van der Waals surface area (Å²) in [5, 5.41) is 12.9. The van der Waals surface area contributed by atoms with Crippen LogP contribution in [-0.2, 0) is 19.7 Å². The maximum atomic E-state index is 14.3. The van der Waals surface area contributed by atoms with Gasteiger partial charge in [-0.1, -0.05) is 13.8 Å². The fourth-order valence-electron chi connectivity index (χ4n) is 5.94. The molecular formula is C30H29F2N5O5. The number of aromatic amines is 1. The van der Waals surface area contributed by atoms with E-state index in [1.165, 1.54) is 36.1 Å². The summed E-state index contributed by atoms with van der Waals surface area (Å²) in [6, 6.07) is 7.82. The summed E-state index contributed by atoms with van der Waals surface area (Å²) < 4.78 is 32.9. The number of carbonyl (C=O) groups is 4. The van der Waals surface area contributed by atoms with Crippen molar-refractivity contribution in [2.24, 2.45) is 5.92 Å². The molecule has 5 rings (SSSR count). The number of H-pyrrole nitrogens is 1. The number of likely N-dealkylation sites (N-methyl/N-ethyl adjacent to an activating group) is 1. The molecule has 0 aliphatic carbocycles. The van der Waals surface area contributed by atoms with E-state index in [0.717, 1.165) is 12.1 Å². The van der Waals surface area contributed by atoms with Crippen LogP contribution in [0.15, 0.2) is 36.4 Å². The van der Waals surface area contributed by atoms with Gasteiger partial charge in [-0.3, -0.25) is 14.4 Å². The van der Waals surface area contributed by atoms with Crippen LogP contribution in [0.1, 0.15) is 53.1 Å². The zero-order valence-corrected chi connectivity index (χ0v) is 23.5. The monoisotopic (exact) mass is 577 g/mol. The van der Waals surface area contributed by atoms with Crippen molar-refractivity contribution < 1.29 is 32.7 Å². The fraction of sp³-hybridized carbons (Fsp3) is 0.367. The van der Waals surface area contributed by atoms with E-state index in [1.54, 1.807) is 12.1 Å². The van der Waals surface area contributed by atoms with Gasteiger partial charge in [0.15, 0.2) is 0 Å². The van der Waals surface area contributed by atoms with Crippen molar-refractivity contribution in [3.8, 4) is 6.07 Å². The molecule has 3 atom stereocenters. The van der Waals surface area contributed by atoms with E-state index in [2.05, 4.69) is 16.4 Å². The largest absolute Gasteiger partial charge is 0.465 e. The minimum absolute atomic E-state index is 0.00236. The molecule has 0 unspecified atom stereocenters. The maximum Gasteiger partial charge on any atom is 0.337 e. The Labute approximate surface area is 240 Å². The van der Waals surface area contributed by atoms with E-state index in [0.29, 0.717) is 11.3 Å². The number of ether oxygens (including phenoxy) is 1. The highest BCUT2D eigenvalue weighted by Gasteiger charge is 2.57. The molecule has 12 heteroatoms. The van der Waals surface area contributed by atoms with Gasteiger partial charge in [-0.15, -0.1) is 0 Å². The van der Waals surface area contributed by atoms with Gasteiger partial charge in [-0.25, -0.2) is 13.6 Å². The molecule has 2 aromatic carbocycles. The standard InChI is InChI=1S/C30H29F2N5O5/c1-15(2)7-25(36(3)26(38)24-11-19-21(32)9-17(31)10-23(19)34-24)27(39)37-14-30(12-18(37)13-33)20-8-16(28(40)42-4)5-6-22(20)35-29(30)41/h5-6,8-11,15,18,25,34H,7,12,14H2,1-4H3,(H,35,41)/t18-,25-,30-/m0/s1. The number of hydrogen-bond donors (Lipinski definition) is 2. The Morgan fingerprint density at radius 1 is 1.21 bits per heavy atom. The van der Waals surface area contributed by atoms with Gasteiger partial charge in [0, 0.05) is 37.2 Å². The van der Waals surface area contributed by atoms with Crippen LogP contribution in [0.2, 0.25) is 0 Å². The Kier molecular flexibility index (Phi) is 7.22. The van der Waals surface area contributed by atoms with Gasteiger partial charge in [0.25, 0.3) is 5.91 Å². The third-order valence-corrected chi connectivity index (χ3v) is 8.08. The molecule has 10 nitrogen and oxygen atoms in total. The Bertz CT molecular complexity index is 1680. The number of halogens is 2.